The van der Waals surface area contributed by atoms with Crippen molar-refractivity contribution in [2.24, 2.45) is 0 Å². The second-order valence-electron chi connectivity index (χ2n) is 3.92. The quantitative estimate of drug-likeness (QED) is 0.900. The van der Waals surface area contributed by atoms with Gasteiger partial charge in [0.25, 0.3) is 5.91 Å². The van der Waals surface area contributed by atoms with Gasteiger partial charge in [-0.3, -0.25) is 9.48 Å². The Labute approximate surface area is 104 Å². The molecule has 17 heavy (non-hydrogen) atoms. The summed E-state index contributed by atoms with van der Waals surface area (Å²) in [6.45, 7) is 5.28. The van der Waals surface area contributed by atoms with Gasteiger partial charge < -0.3 is 5.32 Å². The summed E-state index contributed by atoms with van der Waals surface area (Å²) in [5.74, 6) is -0.0206. The van der Waals surface area contributed by atoms with Crippen LogP contribution in [0.5, 0.6) is 0 Å². The first-order chi connectivity index (χ1) is 8.16. The molecule has 2 rings (SSSR count). The van der Waals surface area contributed by atoms with E-state index in [1.165, 1.54) is 11.3 Å². The highest BCUT2D eigenvalue weighted by Gasteiger charge is 2.05. The minimum atomic E-state index is -0.0206. The normalized spacial score (nSPS) is 10.5. The summed E-state index contributed by atoms with van der Waals surface area (Å²) < 4.78 is 1.91. The minimum Gasteiger partial charge on any atom is -0.350 e. The Bertz CT molecular complexity index is 502. The molecule has 1 N–H and O–H groups in total. The number of aryl methyl sites for hydroxylation is 2. The lowest BCUT2D eigenvalue weighted by Crippen LogP contribution is -2.27. The van der Waals surface area contributed by atoms with Crippen molar-refractivity contribution >= 4 is 17.2 Å². The zero-order valence-electron chi connectivity index (χ0n) is 9.93. The third kappa shape index (κ3) is 2.94. The molecule has 0 aliphatic heterocycles. The molecule has 0 unspecified atom stereocenters. The van der Waals surface area contributed by atoms with Crippen LogP contribution in [0.15, 0.2) is 22.9 Å². The number of rotatable bonds is 4. The second-order valence-corrected chi connectivity index (χ2v) is 4.70. The number of amides is 1. The van der Waals surface area contributed by atoms with Gasteiger partial charge in [0.1, 0.15) is 0 Å². The van der Waals surface area contributed by atoms with Gasteiger partial charge in [0.2, 0.25) is 0 Å². The summed E-state index contributed by atoms with van der Waals surface area (Å²) in [7, 11) is 0. The number of carbonyl (C=O) groups is 1. The Morgan fingerprint density at radius 2 is 2.35 bits per heavy atom. The van der Waals surface area contributed by atoms with Gasteiger partial charge >= 0.3 is 0 Å². The molecule has 0 atom stereocenters. The molecule has 1 amide bonds. The average molecular weight is 249 g/mol. The van der Waals surface area contributed by atoms with Crippen LogP contribution in [0.2, 0.25) is 0 Å². The predicted molar refractivity (Wildman–Crippen MR) is 68.4 cm³/mol. The van der Waals surface area contributed by atoms with E-state index >= 15 is 0 Å². The largest absolute Gasteiger partial charge is 0.350 e. The van der Waals surface area contributed by atoms with Gasteiger partial charge in [-0.25, -0.2) is 0 Å². The van der Waals surface area contributed by atoms with E-state index in [0.29, 0.717) is 13.1 Å². The minimum absolute atomic E-state index is 0.0206. The Morgan fingerprint density at radius 1 is 1.53 bits per heavy atom. The fourth-order valence-electron chi connectivity index (χ4n) is 1.67. The zero-order chi connectivity index (χ0) is 12.3. The monoisotopic (exact) mass is 249 g/mol. The van der Waals surface area contributed by atoms with Crippen molar-refractivity contribution in [3.8, 4) is 0 Å². The van der Waals surface area contributed by atoms with Gasteiger partial charge in [0.05, 0.1) is 12.2 Å². The maximum Gasteiger partial charge on any atom is 0.252 e. The van der Waals surface area contributed by atoms with Crippen LogP contribution < -0.4 is 5.32 Å². The summed E-state index contributed by atoms with van der Waals surface area (Å²) in [4.78, 5) is 11.7. The van der Waals surface area contributed by atoms with Crippen molar-refractivity contribution in [2.75, 3.05) is 6.54 Å². The standard InChI is InChI=1S/C12H15N3OS/c1-9-7-10(2)15(14-9)5-4-13-12(16)11-3-6-17-8-11/h3,6-8H,4-5H2,1-2H3,(H,13,16). The van der Waals surface area contributed by atoms with E-state index in [4.69, 9.17) is 0 Å². The molecule has 4 nitrogen and oxygen atoms in total. The number of hydrogen-bond acceptors (Lipinski definition) is 3. The van der Waals surface area contributed by atoms with Crippen molar-refractivity contribution in [3.05, 3.63) is 39.8 Å². The smallest absolute Gasteiger partial charge is 0.252 e. The second kappa shape index (κ2) is 5.14. The molecule has 2 aromatic rings. The van der Waals surface area contributed by atoms with Crippen LogP contribution in [0.4, 0.5) is 0 Å². The van der Waals surface area contributed by atoms with E-state index in [-0.39, 0.29) is 5.91 Å². The molecule has 0 spiro atoms. The van der Waals surface area contributed by atoms with Crippen LogP contribution in [-0.4, -0.2) is 22.2 Å². The van der Waals surface area contributed by atoms with Crippen LogP contribution in [-0.2, 0) is 6.54 Å². The van der Waals surface area contributed by atoms with E-state index in [1.807, 2.05) is 41.4 Å². The highest BCUT2D eigenvalue weighted by atomic mass is 32.1. The first kappa shape index (κ1) is 11.9. The fraction of sp³-hybridized carbons (Fsp3) is 0.333. The van der Waals surface area contributed by atoms with Gasteiger partial charge in [-0.15, -0.1) is 0 Å². The molecule has 0 fully saturated rings. The Morgan fingerprint density at radius 3 is 2.94 bits per heavy atom. The third-order valence-corrected chi connectivity index (χ3v) is 3.18. The molecule has 0 saturated carbocycles. The molecule has 0 aromatic carbocycles. The molecule has 0 bridgehead atoms. The molecular formula is C12H15N3OS. The van der Waals surface area contributed by atoms with Crippen LogP contribution in [0.1, 0.15) is 21.7 Å². The molecular weight excluding hydrogens is 234 g/mol. The lowest BCUT2D eigenvalue weighted by molar-refractivity contribution is 0.0952. The van der Waals surface area contributed by atoms with E-state index in [9.17, 15) is 4.79 Å². The molecule has 5 heteroatoms. The Hall–Kier alpha value is -1.62. The van der Waals surface area contributed by atoms with Crippen LogP contribution in [0.3, 0.4) is 0 Å². The van der Waals surface area contributed by atoms with E-state index in [2.05, 4.69) is 10.4 Å². The summed E-state index contributed by atoms with van der Waals surface area (Å²) in [6, 6.07) is 3.85. The molecule has 90 valence electrons. The summed E-state index contributed by atoms with van der Waals surface area (Å²) in [6.07, 6.45) is 0. The third-order valence-electron chi connectivity index (χ3n) is 2.50. The van der Waals surface area contributed by atoms with E-state index in [1.54, 1.807) is 0 Å². The molecule has 0 saturated heterocycles. The molecule has 0 radical (unpaired) electrons. The highest BCUT2D eigenvalue weighted by molar-refractivity contribution is 7.08. The van der Waals surface area contributed by atoms with Crippen molar-refractivity contribution in [2.45, 2.75) is 20.4 Å². The van der Waals surface area contributed by atoms with Gasteiger partial charge in [0, 0.05) is 23.2 Å². The van der Waals surface area contributed by atoms with Crippen molar-refractivity contribution in [1.29, 1.82) is 0 Å². The fourth-order valence-corrected chi connectivity index (χ4v) is 2.31. The van der Waals surface area contributed by atoms with Gasteiger partial charge in [-0.05, 0) is 31.4 Å². The molecule has 0 aliphatic carbocycles. The summed E-state index contributed by atoms with van der Waals surface area (Å²) >= 11 is 1.53. The first-order valence-corrected chi connectivity index (χ1v) is 6.42. The average Bonchev–Trinajstić information content (AvgIpc) is 2.89. The number of nitrogens with one attached hydrogen (secondary N) is 1. The summed E-state index contributed by atoms with van der Waals surface area (Å²) in [5, 5.41) is 11.0. The topological polar surface area (TPSA) is 46.9 Å². The van der Waals surface area contributed by atoms with Gasteiger partial charge in [-0.2, -0.15) is 16.4 Å². The maximum absolute atomic E-state index is 11.7. The lowest BCUT2D eigenvalue weighted by atomic mass is 10.3. The number of aromatic nitrogens is 2. The van der Waals surface area contributed by atoms with Crippen LogP contribution >= 0.6 is 11.3 Å². The first-order valence-electron chi connectivity index (χ1n) is 5.48. The lowest BCUT2D eigenvalue weighted by Gasteiger charge is -2.05. The number of thiophene rings is 1. The maximum atomic E-state index is 11.7. The van der Waals surface area contributed by atoms with Crippen molar-refractivity contribution in [1.82, 2.24) is 15.1 Å². The summed E-state index contributed by atoms with van der Waals surface area (Å²) in [5.41, 5.74) is 2.85. The Kier molecular flexibility index (Phi) is 3.58. The molecule has 0 aliphatic rings. The van der Waals surface area contributed by atoms with Crippen LogP contribution in [0, 0.1) is 13.8 Å². The Balaban J connectivity index is 1.84. The predicted octanol–water partition coefficient (Wildman–Crippen LogP) is 1.99. The van der Waals surface area contributed by atoms with Crippen molar-refractivity contribution < 1.29 is 4.79 Å². The van der Waals surface area contributed by atoms with E-state index < -0.39 is 0 Å². The number of nitrogens with zero attached hydrogens (tertiary/aromatic N) is 2. The van der Waals surface area contributed by atoms with Gasteiger partial charge in [-0.1, -0.05) is 0 Å². The van der Waals surface area contributed by atoms with Crippen LogP contribution in [0.25, 0.3) is 0 Å². The SMILES string of the molecule is Cc1cc(C)n(CCNC(=O)c2ccsc2)n1. The van der Waals surface area contributed by atoms with Gasteiger partial charge in [0.15, 0.2) is 0 Å². The van der Waals surface area contributed by atoms with E-state index in [0.717, 1.165) is 17.0 Å². The zero-order valence-corrected chi connectivity index (χ0v) is 10.8. The number of carbonyl (C=O) groups excluding carboxylic acids is 1. The van der Waals surface area contributed by atoms with Crippen molar-refractivity contribution in [3.63, 3.8) is 0 Å². The number of hydrogen-bond donors (Lipinski definition) is 1. The molecule has 2 aromatic heterocycles. The highest BCUT2D eigenvalue weighted by Crippen LogP contribution is 2.05. The molecule has 2 heterocycles.